The van der Waals surface area contributed by atoms with Crippen molar-refractivity contribution in [2.45, 2.75) is 77.7 Å². The van der Waals surface area contributed by atoms with Gasteiger partial charge in [-0.2, -0.15) is 9.61 Å². The Morgan fingerprint density at radius 2 is 1.51 bits per heavy atom. The number of piperazine rings is 1. The number of anilines is 2. The van der Waals surface area contributed by atoms with Crippen LogP contribution in [0, 0.1) is 0 Å². The molecule has 0 saturated carbocycles. The average molecular weight is 579 g/mol. The van der Waals surface area contributed by atoms with Crippen molar-refractivity contribution in [3.63, 3.8) is 0 Å². The minimum absolute atomic E-state index is 0.265. The predicted octanol–water partition coefficient (Wildman–Crippen LogP) is 5.22. The topological polar surface area (TPSA) is 84.7 Å². The summed E-state index contributed by atoms with van der Waals surface area (Å²) in [5.41, 5.74) is 0.265. The largest absolute Gasteiger partial charge is 0.444 e. The SMILES string of the molecule is CC(C)(C)OC(=O)N1CCN(c2cc(N(COCC[Si](C)(C)C)COCC[Si](C)(C)C)n3nccc3n2)CC1. The van der Waals surface area contributed by atoms with E-state index in [0.29, 0.717) is 39.6 Å². The summed E-state index contributed by atoms with van der Waals surface area (Å²) in [5, 5.41) is 4.56. The predicted molar refractivity (Wildman–Crippen MR) is 163 cm³/mol. The molecular formula is C27H50N6O4Si2. The maximum absolute atomic E-state index is 12.5. The van der Waals surface area contributed by atoms with E-state index in [0.717, 1.165) is 42.6 Å². The fraction of sp³-hybridized carbons (Fsp3) is 0.741. The van der Waals surface area contributed by atoms with E-state index in [1.54, 1.807) is 11.1 Å². The quantitative estimate of drug-likeness (QED) is 0.193. The normalized spacial score (nSPS) is 15.2. The average Bonchev–Trinajstić information content (AvgIpc) is 3.29. The molecule has 1 aliphatic rings. The van der Waals surface area contributed by atoms with Gasteiger partial charge in [-0.25, -0.2) is 9.78 Å². The Morgan fingerprint density at radius 1 is 0.949 bits per heavy atom. The lowest BCUT2D eigenvalue weighted by atomic mass is 10.2. The molecule has 2 aromatic heterocycles. The van der Waals surface area contributed by atoms with Gasteiger partial charge in [-0.1, -0.05) is 39.3 Å². The maximum atomic E-state index is 12.5. The molecule has 0 atom stereocenters. The van der Waals surface area contributed by atoms with Crippen molar-refractivity contribution in [1.82, 2.24) is 19.5 Å². The minimum Gasteiger partial charge on any atom is -0.444 e. The second-order valence-corrected chi connectivity index (χ2v) is 25.0. The lowest BCUT2D eigenvalue weighted by Gasteiger charge is -2.36. The number of amides is 1. The van der Waals surface area contributed by atoms with Crippen molar-refractivity contribution >= 4 is 39.5 Å². The molecule has 12 heteroatoms. The number of ether oxygens (including phenoxy) is 3. The van der Waals surface area contributed by atoms with Crippen LogP contribution < -0.4 is 9.80 Å². The summed E-state index contributed by atoms with van der Waals surface area (Å²) < 4.78 is 19.8. The first kappa shape index (κ1) is 31.4. The minimum atomic E-state index is -1.19. The second kappa shape index (κ2) is 13.0. The van der Waals surface area contributed by atoms with Gasteiger partial charge in [-0.15, -0.1) is 0 Å². The van der Waals surface area contributed by atoms with Crippen LogP contribution in [0.15, 0.2) is 18.3 Å². The first-order valence-corrected chi connectivity index (χ1v) is 21.5. The van der Waals surface area contributed by atoms with Gasteiger partial charge in [-0.05, 0) is 32.9 Å². The second-order valence-electron chi connectivity index (χ2n) is 13.8. The molecule has 1 amide bonds. The summed E-state index contributed by atoms with van der Waals surface area (Å²) in [5.74, 6) is 1.74. The zero-order valence-electron chi connectivity index (χ0n) is 25.6. The lowest BCUT2D eigenvalue weighted by Crippen LogP contribution is -2.50. The molecule has 3 heterocycles. The van der Waals surface area contributed by atoms with E-state index < -0.39 is 21.7 Å². The molecule has 0 aromatic carbocycles. The van der Waals surface area contributed by atoms with Gasteiger partial charge in [0.15, 0.2) is 5.65 Å². The first-order valence-electron chi connectivity index (χ1n) is 14.1. The van der Waals surface area contributed by atoms with Crippen molar-refractivity contribution in [3.05, 3.63) is 18.3 Å². The molecule has 0 aliphatic carbocycles. The molecule has 220 valence electrons. The van der Waals surface area contributed by atoms with Gasteiger partial charge in [0, 0.05) is 67.7 Å². The summed E-state index contributed by atoms with van der Waals surface area (Å²) in [7, 11) is -2.39. The Kier molecular flexibility index (Phi) is 10.5. The molecule has 39 heavy (non-hydrogen) atoms. The van der Waals surface area contributed by atoms with Crippen LogP contribution in [-0.4, -0.2) is 100 Å². The highest BCUT2D eigenvalue weighted by molar-refractivity contribution is 6.76. The summed E-state index contributed by atoms with van der Waals surface area (Å²) in [6.07, 6.45) is 1.51. The van der Waals surface area contributed by atoms with Gasteiger partial charge in [-0.3, -0.25) is 0 Å². The van der Waals surface area contributed by atoms with E-state index in [9.17, 15) is 4.79 Å². The summed E-state index contributed by atoms with van der Waals surface area (Å²) in [4.78, 5) is 23.5. The van der Waals surface area contributed by atoms with Crippen molar-refractivity contribution < 1.29 is 19.0 Å². The number of carbonyl (C=O) groups is 1. The molecule has 10 nitrogen and oxygen atoms in total. The molecule has 0 N–H and O–H groups in total. The highest BCUT2D eigenvalue weighted by Gasteiger charge is 2.27. The number of fused-ring (bicyclic) bond motifs is 1. The molecule has 1 fully saturated rings. The Labute approximate surface area is 236 Å². The van der Waals surface area contributed by atoms with Crippen LogP contribution in [0.3, 0.4) is 0 Å². The monoisotopic (exact) mass is 578 g/mol. The van der Waals surface area contributed by atoms with Crippen LogP contribution in [0.2, 0.25) is 51.4 Å². The standard InChI is InChI=1S/C27H50N6O4Si2/c1-27(2,3)37-26(34)31-14-12-30(13-15-31)24-20-25(33-23(29-24)10-11-28-33)32(21-35-16-18-38(4,5)6)22-36-17-19-39(7,8)9/h10-11,20H,12-19,21-22H2,1-9H3. The van der Waals surface area contributed by atoms with Crippen LogP contribution in [0.25, 0.3) is 5.65 Å². The first-order chi connectivity index (χ1) is 18.1. The number of hydrogen-bond acceptors (Lipinski definition) is 8. The van der Waals surface area contributed by atoms with Crippen LogP contribution in [-0.2, 0) is 14.2 Å². The smallest absolute Gasteiger partial charge is 0.410 e. The third-order valence-electron chi connectivity index (χ3n) is 6.39. The van der Waals surface area contributed by atoms with Crippen LogP contribution in [0.5, 0.6) is 0 Å². The van der Waals surface area contributed by atoms with Gasteiger partial charge >= 0.3 is 6.09 Å². The molecule has 0 radical (unpaired) electrons. The van der Waals surface area contributed by atoms with Gasteiger partial charge < -0.3 is 28.9 Å². The summed E-state index contributed by atoms with van der Waals surface area (Å²) >= 11 is 0. The Balaban J connectivity index is 1.76. The van der Waals surface area contributed by atoms with Gasteiger partial charge in [0.2, 0.25) is 0 Å². The third kappa shape index (κ3) is 10.4. The van der Waals surface area contributed by atoms with Crippen LogP contribution >= 0.6 is 0 Å². The Hall–Kier alpha value is -2.16. The highest BCUT2D eigenvalue weighted by Crippen LogP contribution is 2.24. The molecule has 1 aliphatic heterocycles. The Bertz CT molecular complexity index is 1050. The van der Waals surface area contributed by atoms with E-state index in [2.05, 4.69) is 60.2 Å². The molecular weight excluding hydrogens is 529 g/mol. The van der Waals surface area contributed by atoms with E-state index in [-0.39, 0.29) is 6.09 Å². The van der Waals surface area contributed by atoms with Gasteiger partial charge in [0.25, 0.3) is 0 Å². The molecule has 1 saturated heterocycles. The number of aromatic nitrogens is 3. The van der Waals surface area contributed by atoms with Crippen LogP contribution in [0.4, 0.5) is 16.4 Å². The van der Waals surface area contributed by atoms with Crippen molar-refractivity contribution in [2.75, 3.05) is 62.7 Å². The molecule has 0 spiro atoms. The van der Waals surface area contributed by atoms with E-state index in [4.69, 9.17) is 19.2 Å². The number of carbonyl (C=O) groups excluding carboxylic acids is 1. The van der Waals surface area contributed by atoms with Crippen molar-refractivity contribution in [1.29, 1.82) is 0 Å². The number of nitrogens with zero attached hydrogens (tertiary/aromatic N) is 6. The van der Waals surface area contributed by atoms with E-state index >= 15 is 0 Å². The number of hydrogen-bond donors (Lipinski definition) is 0. The highest BCUT2D eigenvalue weighted by atomic mass is 28.3. The molecule has 3 rings (SSSR count). The maximum Gasteiger partial charge on any atom is 0.410 e. The number of rotatable bonds is 12. The van der Waals surface area contributed by atoms with Crippen LogP contribution in [0.1, 0.15) is 20.8 Å². The summed E-state index contributed by atoms with van der Waals surface area (Å²) in [6, 6.07) is 6.20. The fourth-order valence-corrected chi connectivity index (χ4v) is 5.50. The van der Waals surface area contributed by atoms with E-state index in [1.165, 1.54) is 0 Å². The Morgan fingerprint density at radius 3 is 2.03 bits per heavy atom. The zero-order valence-corrected chi connectivity index (χ0v) is 27.6. The summed E-state index contributed by atoms with van der Waals surface area (Å²) in [6.45, 7) is 24.6. The van der Waals surface area contributed by atoms with Crippen molar-refractivity contribution in [2.24, 2.45) is 0 Å². The van der Waals surface area contributed by atoms with E-state index in [1.807, 2.05) is 31.4 Å². The third-order valence-corrected chi connectivity index (χ3v) is 9.80. The molecule has 2 aromatic rings. The molecule has 0 bridgehead atoms. The lowest BCUT2D eigenvalue weighted by molar-refractivity contribution is 0.0240. The molecule has 0 unspecified atom stereocenters. The van der Waals surface area contributed by atoms with Gasteiger partial charge in [0.1, 0.15) is 30.7 Å². The van der Waals surface area contributed by atoms with Crippen molar-refractivity contribution in [3.8, 4) is 0 Å². The van der Waals surface area contributed by atoms with Gasteiger partial charge in [0.05, 0.1) is 6.20 Å². The fourth-order valence-electron chi connectivity index (χ4n) is 3.99. The zero-order chi connectivity index (χ0) is 28.8.